The van der Waals surface area contributed by atoms with Gasteiger partial charge in [-0.15, -0.1) is 0 Å². The number of amides is 2. The molecule has 0 atom stereocenters. The van der Waals surface area contributed by atoms with Crippen molar-refractivity contribution in [1.82, 2.24) is 0 Å². The predicted molar refractivity (Wildman–Crippen MR) is 78.0 cm³/mol. The molecular formula is C14H13BrN2O. The average molecular weight is 305 g/mol. The number of nitrogens with one attached hydrogen (secondary N) is 1. The number of nitrogens with zero attached hydrogens (tertiary/aromatic N) is 1. The molecule has 3 nitrogen and oxygen atoms in total. The maximum Gasteiger partial charge on any atom is 0.326 e. The number of carbonyl (C=O) groups excluding carboxylic acids is 1. The van der Waals surface area contributed by atoms with Crippen molar-refractivity contribution in [2.75, 3.05) is 17.3 Å². The highest BCUT2D eigenvalue weighted by atomic mass is 79.9. The number of para-hydroxylation sites is 1. The van der Waals surface area contributed by atoms with Crippen LogP contribution in [0, 0.1) is 0 Å². The molecule has 0 saturated carbocycles. The second kappa shape index (κ2) is 5.69. The van der Waals surface area contributed by atoms with Crippen molar-refractivity contribution in [1.29, 1.82) is 0 Å². The van der Waals surface area contributed by atoms with Gasteiger partial charge in [-0.05, 0) is 30.3 Å². The molecule has 0 unspecified atom stereocenters. The lowest BCUT2D eigenvalue weighted by Crippen LogP contribution is -2.31. The molecule has 0 aliphatic carbocycles. The number of benzene rings is 2. The van der Waals surface area contributed by atoms with Crippen LogP contribution in [0.5, 0.6) is 0 Å². The lowest BCUT2D eigenvalue weighted by molar-refractivity contribution is 0.258. The number of rotatable bonds is 2. The SMILES string of the molecule is CN(C(=O)Nc1cccc(Br)c1)c1ccccc1. The van der Waals surface area contributed by atoms with Gasteiger partial charge < -0.3 is 5.32 Å². The van der Waals surface area contributed by atoms with Crippen LogP contribution in [0.15, 0.2) is 59.1 Å². The van der Waals surface area contributed by atoms with Crippen LogP contribution < -0.4 is 10.2 Å². The summed E-state index contributed by atoms with van der Waals surface area (Å²) in [6.45, 7) is 0. The Balaban J connectivity index is 2.09. The first-order valence-electron chi connectivity index (χ1n) is 5.52. The first-order valence-corrected chi connectivity index (χ1v) is 6.31. The summed E-state index contributed by atoms with van der Waals surface area (Å²) in [4.78, 5) is 13.6. The topological polar surface area (TPSA) is 32.3 Å². The largest absolute Gasteiger partial charge is 0.326 e. The Morgan fingerprint density at radius 3 is 2.50 bits per heavy atom. The molecule has 0 aromatic heterocycles. The number of halogens is 1. The van der Waals surface area contributed by atoms with Gasteiger partial charge in [0.05, 0.1) is 0 Å². The first kappa shape index (κ1) is 12.6. The molecular weight excluding hydrogens is 292 g/mol. The Morgan fingerprint density at radius 1 is 1.11 bits per heavy atom. The van der Waals surface area contributed by atoms with Gasteiger partial charge in [-0.1, -0.05) is 40.2 Å². The molecule has 18 heavy (non-hydrogen) atoms. The van der Waals surface area contributed by atoms with E-state index in [9.17, 15) is 4.79 Å². The summed E-state index contributed by atoms with van der Waals surface area (Å²) in [6.07, 6.45) is 0. The average Bonchev–Trinajstić information content (AvgIpc) is 2.39. The van der Waals surface area contributed by atoms with Crippen LogP contribution in [0.1, 0.15) is 0 Å². The maximum atomic E-state index is 12.0. The highest BCUT2D eigenvalue weighted by Crippen LogP contribution is 2.17. The van der Waals surface area contributed by atoms with E-state index in [1.54, 1.807) is 11.9 Å². The zero-order valence-corrected chi connectivity index (χ0v) is 11.5. The van der Waals surface area contributed by atoms with Crippen LogP contribution in [0.3, 0.4) is 0 Å². The van der Waals surface area contributed by atoms with Crippen LogP contribution in [0.4, 0.5) is 16.2 Å². The molecule has 0 aliphatic heterocycles. The van der Waals surface area contributed by atoms with Gasteiger partial charge in [0.15, 0.2) is 0 Å². The molecule has 0 bridgehead atoms. The lowest BCUT2D eigenvalue weighted by atomic mass is 10.3. The molecule has 2 rings (SSSR count). The Hall–Kier alpha value is -1.81. The Labute approximate surface area is 115 Å². The smallest absolute Gasteiger partial charge is 0.308 e. The molecule has 0 saturated heterocycles. The minimum atomic E-state index is -0.167. The molecule has 1 N–H and O–H groups in total. The van der Waals surface area contributed by atoms with E-state index >= 15 is 0 Å². The standard InChI is InChI=1S/C14H13BrN2O/c1-17(13-8-3-2-4-9-13)14(18)16-12-7-5-6-11(15)10-12/h2-10H,1H3,(H,16,18). The van der Waals surface area contributed by atoms with Crippen LogP contribution in [-0.2, 0) is 0 Å². The van der Waals surface area contributed by atoms with E-state index in [0.717, 1.165) is 15.8 Å². The number of hydrogen-bond donors (Lipinski definition) is 1. The van der Waals surface area contributed by atoms with Crippen LogP contribution in [0.2, 0.25) is 0 Å². The van der Waals surface area contributed by atoms with Crippen molar-refractivity contribution >= 4 is 33.3 Å². The molecule has 0 heterocycles. The molecule has 2 aromatic carbocycles. The molecule has 2 aromatic rings. The maximum absolute atomic E-state index is 12.0. The van der Waals surface area contributed by atoms with E-state index in [1.165, 1.54) is 0 Å². The van der Waals surface area contributed by atoms with E-state index in [4.69, 9.17) is 0 Å². The molecule has 0 spiro atoms. The van der Waals surface area contributed by atoms with Gasteiger partial charge >= 0.3 is 6.03 Å². The Bertz CT molecular complexity index is 543. The summed E-state index contributed by atoms with van der Waals surface area (Å²) in [5.74, 6) is 0. The molecule has 0 aliphatic rings. The molecule has 92 valence electrons. The van der Waals surface area contributed by atoms with Crippen molar-refractivity contribution in [2.24, 2.45) is 0 Å². The number of urea groups is 1. The summed E-state index contributed by atoms with van der Waals surface area (Å²) in [7, 11) is 1.74. The van der Waals surface area contributed by atoms with Crippen LogP contribution >= 0.6 is 15.9 Å². The van der Waals surface area contributed by atoms with Crippen molar-refractivity contribution in [3.63, 3.8) is 0 Å². The number of hydrogen-bond acceptors (Lipinski definition) is 1. The van der Waals surface area contributed by atoms with Gasteiger partial charge in [-0.2, -0.15) is 0 Å². The summed E-state index contributed by atoms with van der Waals surface area (Å²) in [6, 6.07) is 16.8. The summed E-state index contributed by atoms with van der Waals surface area (Å²) >= 11 is 3.37. The predicted octanol–water partition coefficient (Wildman–Crippen LogP) is 4.12. The van der Waals surface area contributed by atoms with Crippen LogP contribution in [0.25, 0.3) is 0 Å². The highest BCUT2D eigenvalue weighted by molar-refractivity contribution is 9.10. The van der Waals surface area contributed by atoms with Crippen LogP contribution in [-0.4, -0.2) is 13.1 Å². The normalized spacial score (nSPS) is 9.89. The van der Waals surface area contributed by atoms with Crippen molar-refractivity contribution in [2.45, 2.75) is 0 Å². The zero-order chi connectivity index (χ0) is 13.0. The molecule has 0 radical (unpaired) electrons. The van der Waals surface area contributed by atoms with Crippen molar-refractivity contribution in [3.8, 4) is 0 Å². The third-order valence-corrected chi connectivity index (χ3v) is 3.02. The van der Waals surface area contributed by atoms with Crippen molar-refractivity contribution < 1.29 is 4.79 Å². The van der Waals surface area contributed by atoms with E-state index in [1.807, 2.05) is 54.6 Å². The monoisotopic (exact) mass is 304 g/mol. The van der Waals surface area contributed by atoms with E-state index in [2.05, 4.69) is 21.2 Å². The third kappa shape index (κ3) is 3.11. The number of anilines is 2. The van der Waals surface area contributed by atoms with E-state index in [-0.39, 0.29) is 6.03 Å². The first-order chi connectivity index (χ1) is 8.66. The second-order valence-corrected chi connectivity index (χ2v) is 4.75. The van der Waals surface area contributed by atoms with E-state index in [0.29, 0.717) is 0 Å². The zero-order valence-electron chi connectivity index (χ0n) is 9.93. The Kier molecular flexibility index (Phi) is 3.99. The van der Waals surface area contributed by atoms with Gasteiger partial charge in [-0.25, -0.2) is 4.79 Å². The fourth-order valence-electron chi connectivity index (χ4n) is 1.54. The fraction of sp³-hybridized carbons (Fsp3) is 0.0714. The summed E-state index contributed by atoms with van der Waals surface area (Å²) in [5, 5.41) is 2.84. The summed E-state index contributed by atoms with van der Waals surface area (Å²) in [5.41, 5.74) is 1.61. The summed E-state index contributed by atoms with van der Waals surface area (Å²) < 4.78 is 0.933. The van der Waals surface area contributed by atoms with Crippen molar-refractivity contribution in [3.05, 3.63) is 59.1 Å². The van der Waals surface area contributed by atoms with Gasteiger partial charge in [-0.3, -0.25) is 4.90 Å². The minimum absolute atomic E-state index is 0.167. The molecule has 2 amide bonds. The lowest BCUT2D eigenvalue weighted by Gasteiger charge is -2.18. The minimum Gasteiger partial charge on any atom is -0.308 e. The number of carbonyl (C=O) groups is 1. The van der Waals surface area contributed by atoms with Gasteiger partial charge in [0.2, 0.25) is 0 Å². The fourth-order valence-corrected chi connectivity index (χ4v) is 1.94. The Morgan fingerprint density at radius 2 is 1.83 bits per heavy atom. The highest BCUT2D eigenvalue weighted by Gasteiger charge is 2.10. The van der Waals surface area contributed by atoms with Gasteiger partial charge in [0.1, 0.15) is 0 Å². The molecule has 4 heteroatoms. The van der Waals surface area contributed by atoms with E-state index < -0.39 is 0 Å². The third-order valence-electron chi connectivity index (χ3n) is 2.52. The van der Waals surface area contributed by atoms with Gasteiger partial charge in [0.25, 0.3) is 0 Å². The second-order valence-electron chi connectivity index (χ2n) is 3.84. The van der Waals surface area contributed by atoms with Gasteiger partial charge in [0, 0.05) is 22.9 Å². The molecule has 0 fully saturated rings. The quantitative estimate of drug-likeness (QED) is 0.889.